The number of aryl methyl sites for hydroxylation is 1. The molecule has 0 aliphatic rings. The molecule has 6 heteroatoms. The van der Waals surface area contributed by atoms with Gasteiger partial charge in [-0.15, -0.1) is 0 Å². The number of hydrogen-bond acceptors (Lipinski definition) is 4. The zero-order valence-corrected chi connectivity index (χ0v) is 10.3. The van der Waals surface area contributed by atoms with Crippen LogP contribution in [-0.4, -0.2) is 18.8 Å². The van der Waals surface area contributed by atoms with Gasteiger partial charge in [0.15, 0.2) is 0 Å². The summed E-state index contributed by atoms with van der Waals surface area (Å²) in [5, 5.41) is 6.16. The molecule has 0 aliphatic heterocycles. The topological polar surface area (TPSA) is 77.3 Å². The minimum atomic E-state index is -0.964. The SMILES string of the molecule is CCCOC(=O)/N=N/C(=O)Oc1cccc(C)c1. The molecule has 0 spiro atoms. The van der Waals surface area contributed by atoms with Gasteiger partial charge in [-0.1, -0.05) is 29.3 Å². The van der Waals surface area contributed by atoms with Crippen molar-refractivity contribution in [1.82, 2.24) is 0 Å². The minimum absolute atomic E-state index is 0.241. The number of azo groups is 1. The Morgan fingerprint density at radius 1 is 1.22 bits per heavy atom. The maximum atomic E-state index is 11.2. The first-order valence-electron chi connectivity index (χ1n) is 5.48. The lowest BCUT2D eigenvalue weighted by molar-refractivity contribution is 0.154. The zero-order chi connectivity index (χ0) is 13.4. The van der Waals surface area contributed by atoms with E-state index in [0.29, 0.717) is 12.2 Å². The number of nitrogens with zero attached hydrogens (tertiary/aromatic N) is 2. The van der Waals surface area contributed by atoms with Gasteiger partial charge in [-0.05, 0) is 31.0 Å². The lowest BCUT2D eigenvalue weighted by Crippen LogP contribution is -2.04. The van der Waals surface area contributed by atoms with Crippen LogP contribution in [0, 0.1) is 6.92 Å². The van der Waals surface area contributed by atoms with E-state index in [1.807, 2.05) is 19.9 Å². The number of ether oxygens (including phenoxy) is 2. The predicted molar refractivity (Wildman–Crippen MR) is 63.7 cm³/mol. The van der Waals surface area contributed by atoms with Crippen LogP contribution in [0.2, 0.25) is 0 Å². The predicted octanol–water partition coefficient (Wildman–Crippen LogP) is 3.49. The molecule has 18 heavy (non-hydrogen) atoms. The molecule has 0 radical (unpaired) electrons. The van der Waals surface area contributed by atoms with Gasteiger partial charge in [-0.3, -0.25) is 0 Å². The molecule has 0 bridgehead atoms. The van der Waals surface area contributed by atoms with E-state index in [2.05, 4.69) is 15.0 Å². The molecule has 0 N–H and O–H groups in total. The summed E-state index contributed by atoms with van der Waals surface area (Å²) in [5.41, 5.74) is 0.944. The van der Waals surface area contributed by atoms with Crippen LogP contribution in [0.25, 0.3) is 0 Å². The van der Waals surface area contributed by atoms with Crippen LogP contribution in [0.4, 0.5) is 9.59 Å². The highest BCUT2D eigenvalue weighted by Crippen LogP contribution is 2.12. The van der Waals surface area contributed by atoms with E-state index in [-0.39, 0.29) is 6.61 Å². The van der Waals surface area contributed by atoms with Crippen LogP contribution in [0.1, 0.15) is 18.9 Å². The third kappa shape index (κ3) is 5.20. The minimum Gasteiger partial charge on any atom is -0.447 e. The second-order valence-electron chi connectivity index (χ2n) is 3.50. The average Bonchev–Trinajstić information content (AvgIpc) is 2.34. The lowest BCUT2D eigenvalue weighted by atomic mass is 10.2. The van der Waals surface area contributed by atoms with Gasteiger partial charge in [0.25, 0.3) is 0 Å². The summed E-state index contributed by atoms with van der Waals surface area (Å²) >= 11 is 0. The molecule has 2 amide bonds. The maximum absolute atomic E-state index is 11.2. The van der Waals surface area contributed by atoms with Gasteiger partial charge in [-0.2, -0.15) is 0 Å². The molecule has 1 aromatic carbocycles. The van der Waals surface area contributed by atoms with Crippen molar-refractivity contribution < 1.29 is 19.1 Å². The molecule has 0 unspecified atom stereocenters. The van der Waals surface area contributed by atoms with Gasteiger partial charge in [0.05, 0.1) is 6.61 Å². The second kappa shape index (κ2) is 7.16. The largest absolute Gasteiger partial charge is 0.458 e. The normalized spacial score (nSPS) is 10.3. The van der Waals surface area contributed by atoms with Crippen molar-refractivity contribution in [2.45, 2.75) is 20.3 Å². The van der Waals surface area contributed by atoms with Crippen molar-refractivity contribution >= 4 is 12.2 Å². The number of benzene rings is 1. The Bertz CT molecular complexity index is 457. The van der Waals surface area contributed by atoms with E-state index in [1.54, 1.807) is 18.2 Å². The summed E-state index contributed by atoms with van der Waals surface area (Å²) < 4.78 is 9.45. The first-order chi connectivity index (χ1) is 8.61. The standard InChI is InChI=1S/C12H14N2O4/c1-3-7-17-11(15)13-14-12(16)18-10-6-4-5-9(2)8-10/h4-6,8H,3,7H2,1-2H3/b14-13+. The Morgan fingerprint density at radius 3 is 2.61 bits per heavy atom. The molecule has 96 valence electrons. The van der Waals surface area contributed by atoms with Crippen molar-refractivity contribution in [3.63, 3.8) is 0 Å². The van der Waals surface area contributed by atoms with Crippen LogP contribution in [0.5, 0.6) is 5.75 Å². The fourth-order valence-electron chi connectivity index (χ4n) is 1.10. The first-order valence-corrected chi connectivity index (χ1v) is 5.48. The van der Waals surface area contributed by atoms with Gasteiger partial charge in [0.2, 0.25) is 0 Å². The fourth-order valence-corrected chi connectivity index (χ4v) is 1.10. The van der Waals surface area contributed by atoms with Gasteiger partial charge in [0.1, 0.15) is 5.75 Å². The molecule has 0 heterocycles. The Kier molecular flexibility index (Phi) is 5.50. The van der Waals surface area contributed by atoms with Crippen molar-refractivity contribution in [2.75, 3.05) is 6.61 Å². The van der Waals surface area contributed by atoms with Crippen molar-refractivity contribution in [1.29, 1.82) is 0 Å². The number of hydrogen-bond donors (Lipinski definition) is 0. The molecule has 0 saturated heterocycles. The summed E-state index contributed by atoms with van der Waals surface area (Å²) in [6, 6.07) is 6.88. The summed E-state index contributed by atoms with van der Waals surface area (Å²) in [6.45, 7) is 3.95. The van der Waals surface area contributed by atoms with Gasteiger partial charge in [0, 0.05) is 0 Å². The Hall–Kier alpha value is -2.24. The highest BCUT2D eigenvalue weighted by atomic mass is 16.6. The van der Waals surface area contributed by atoms with Crippen LogP contribution in [0.3, 0.4) is 0 Å². The summed E-state index contributed by atoms with van der Waals surface area (Å²) in [4.78, 5) is 22.1. The molecule has 0 saturated carbocycles. The number of carbonyl (C=O) groups excluding carboxylic acids is 2. The summed E-state index contributed by atoms with van der Waals surface area (Å²) in [7, 11) is 0. The fraction of sp³-hybridized carbons (Fsp3) is 0.333. The van der Waals surface area contributed by atoms with E-state index in [9.17, 15) is 9.59 Å². The third-order valence-corrected chi connectivity index (χ3v) is 1.84. The first kappa shape index (κ1) is 13.8. The average molecular weight is 250 g/mol. The molecular weight excluding hydrogens is 236 g/mol. The van der Waals surface area contributed by atoms with E-state index in [4.69, 9.17) is 4.74 Å². The van der Waals surface area contributed by atoms with Crippen LogP contribution < -0.4 is 4.74 Å². The highest BCUT2D eigenvalue weighted by molar-refractivity contribution is 5.74. The van der Waals surface area contributed by atoms with Crippen LogP contribution >= 0.6 is 0 Å². The van der Waals surface area contributed by atoms with Gasteiger partial charge < -0.3 is 9.47 Å². The molecule has 0 aliphatic carbocycles. The number of carbonyl (C=O) groups is 2. The lowest BCUT2D eigenvalue weighted by Gasteiger charge is -2.00. The molecule has 0 atom stereocenters. The molecule has 1 rings (SSSR count). The Morgan fingerprint density at radius 2 is 1.94 bits per heavy atom. The third-order valence-electron chi connectivity index (χ3n) is 1.84. The zero-order valence-electron chi connectivity index (χ0n) is 10.3. The molecule has 0 fully saturated rings. The summed E-state index contributed by atoms with van der Waals surface area (Å²) in [5.74, 6) is 0.348. The smallest absolute Gasteiger partial charge is 0.447 e. The number of amides is 2. The quantitative estimate of drug-likeness (QED) is 0.769. The van der Waals surface area contributed by atoms with Crippen molar-refractivity contribution in [3.8, 4) is 5.75 Å². The van der Waals surface area contributed by atoms with Crippen LogP contribution in [-0.2, 0) is 4.74 Å². The van der Waals surface area contributed by atoms with Crippen LogP contribution in [0.15, 0.2) is 34.5 Å². The molecular formula is C12H14N2O4. The molecule has 1 aromatic rings. The molecule has 0 aromatic heterocycles. The highest BCUT2D eigenvalue weighted by Gasteiger charge is 2.05. The Labute approximate surface area is 105 Å². The number of rotatable bonds is 3. The van der Waals surface area contributed by atoms with Crippen molar-refractivity contribution in [3.05, 3.63) is 29.8 Å². The molecule has 6 nitrogen and oxygen atoms in total. The van der Waals surface area contributed by atoms with Crippen molar-refractivity contribution in [2.24, 2.45) is 10.2 Å². The van der Waals surface area contributed by atoms with Gasteiger partial charge in [-0.25, -0.2) is 9.59 Å². The summed E-state index contributed by atoms with van der Waals surface area (Å²) in [6.07, 6.45) is -1.19. The monoisotopic (exact) mass is 250 g/mol. The van der Waals surface area contributed by atoms with E-state index < -0.39 is 12.2 Å². The maximum Gasteiger partial charge on any atom is 0.458 e. The van der Waals surface area contributed by atoms with E-state index in [1.165, 1.54) is 0 Å². The van der Waals surface area contributed by atoms with E-state index in [0.717, 1.165) is 5.56 Å². The van der Waals surface area contributed by atoms with E-state index >= 15 is 0 Å². The van der Waals surface area contributed by atoms with Gasteiger partial charge >= 0.3 is 12.2 Å². The Balaban J connectivity index is 2.46. The second-order valence-corrected chi connectivity index (χ2v) is 3.50.